The first-order valence-corrected chi connectivity index (χ1v) is 8.38. The van der Waals surface area contributed by atoms with Crippen molar-refractivity contribution in [2.24, 2.45) is 0 Å². The normalized spacial score (nSPS) is 14.0. The van der Waals surface area contributed by atoms with E-state index < -0.39 is 0 Å². The van der Waals surface area contributed by atoms with Gasteiger partial charge in [0.05, 0.1) is 17.3 Å². The Bertz CT molecular complexity index is 563. The maximum absolute atomic E-state index is 11.9. The number of rotatable bonds is 7. The highest BCUT2D eigenvalue weighted by Gasteiger charge is 2.21. The van der Waals surface area contributed by atoms with E-state index in [1.165, 1.54) is 9.60 Å². The van der Waals surface area contributed by atoms with Crippen LogP contribution < -0.4 is 10.2 Å². The Labute approximate surface area is 130 Å². The van der Waals surface area contributed by atoms with Crippen molar-refractivity contribution >= 4 is 27.5 Å². The molecule has 1 aromatic heterocycles. The van der Waals surface area contributed by atoms with Crippen molar-refractivity contribution in [2.45, 2.75) is 32.7 Å². The van der Waals surface area contributed by atoms with Gasteiger partial charge in [-0.1, -0.05) is 25.5 Å². The van der Waals surface area contributed by atoms with Gasteiger partial charge in [0, 0.05) is 6.54 Å². The molecule has 0 fully saturated rings. The van der Waals surface area contributed by atoms with Gasteiger partial charge in [0.2, 0.25) is 0 Å². The van der Waals surface area contributed by atoms with Crippen LogP contribution in [0.2, 0.25) is 0 Å². The smallest absolute Gasteiger partial charge is 0.275 e. The molecular weight excluding hydrogens is 282 g/mol. The van der Waals surface area contributed by atoms with Crippen LogP contribution in [0.25, 0.3) is 10.2 Å². The van der Waals surface area contributed by atoms with Crippen LogP contribution in [0, 0.1) is 0 Å². The summed E-state index contributed by atoms with van der Waals surface area (Å²) in [6.45, 7) is 5.52. The summed E-state index contributed by atoms with van der Waals surface area (Å²) in [5.74, 6) is 0.119. The zero-order valence-electron chi connectivity index (χ0n) is 13.0. The highest BCUT2D eigenvalue weighted by Crippen LogP contribution is 2.24. The Hall–Kier alpha value is -1.46. The van der Waals surface area contributed by atoms with Gasteiger partial charge in [0.15, 0.2) is 11.6 Å². The van der Waals surface area contributed by atoms with Gasteiger partial charge in [-0.2, -0.15) is 0 Å². The number of fused-ring (bicyclic) bond motifs is 1. The first kappa shape index (κ1) is 15.9. The van der Waals surface area contributed by atoms with Gasteiger partial charge in [-0.05, 0) is 25.5 Å². The van der Waals surface area contributed by atoms with Crippen LogP contribution in [0.5, 0.6) is 0 Å². The molecule has 5 heteroatoms. The number of likely N-dealkylation sites (N-methyl/N-ethyl adjacent to an activating group) is 1. The molecule has 0 aliphatic carbocycles. The molecule has 1 unspecified atom stereocenters. The minimum Gasteiger partial charge on any atom is -0.351 e. The fourth-order valence-corrected chi connectivity index (χ4v) is 3.27. The van der Waals surface area contributed by atoms with E-state index in [1.54, 1.807) is 11.3 Å². The Morgan fingerprint density at radius 2 is 2.19 bits per heavy atom. The summed E-state index contributed by atoms with van der Waals surface area (Å²) in [5.41, 5.74) is 1.05. The molecule has 0 saturated carbocycles. The van der Waals surface area contributed by atoms with Crippen molar-refractivity contribution in [3.63, 3.8) is 0 Å². The number of thiazole rings is 1. The van der Waals surface area contributed by atoms with Gasteiger partial charge in [0.1, 0.15) is 6.04 Å². The van der Waals surface area contributed by atoms with Crippen LogP contribution in [0.4, 0.5) is 0 Å². The van der Waals surface area contributed by atoms with Crippen molar-refractivity contribution in [3.05, 3.63) is 29.3 Å². The number of hydrogen-bond donors (Lipinski definition) is 2. The molecular formula is C16H24N3OS+. The number of amides is 1. The van der Waals surface area contributed by atoms with Gasteiger partial charge in [-0.3, -0.25) is 4.79 Å². The lowest BCUT2D eigenvalue weighted by Gasteiger charge is -2.19. The molecule has 0 aliphatic rings. The van der Waals surface area contributed by atoms with E-state index in [4.69, 9.17) is 0 Å². The number of aromatic nitrogens is 1. The van der Waals surface area contributed by atoms with E-state index in [-0.39, 0.29) is 11.9 Å². The molecule has 4 nitrogen and oxygen atoms in total. The number of nitrogens with zero attached hydrogens (tertiary/aromatic N) is 1. The summed E-state index contributed by atoms with van der Waals surface area (Å²) < 4.78 is 1.21. The third-order valence-corrected chi connectivity index (χ3v) is 4.93. The second-order valence-corrected chi connectivity index (χ2v) is 6.53. The SMILES string of the molecule is CCCCNC(=O)C[NH+](C)[C@@H](C)c1nc2ccccc2s1. The molecule has 21 heavy (non-hydrogen) atoms. The molecule has 2 rings (SSSR count). The van der Waals surface area contributed by atoms with Gasteiger partial charge in [-0.25, -0.2) is 4.98 Å². The van der Waals surface area contributed by atoms with Crippen molar-refractivity contribution in [3.8, 4) is 0 Å². The molecule has 1 amide bonds. The minimum absolute atomic E-state index is 0.119. The Kier molecular flexibility index (Phi) is 5.70. The highest BCUT2D eigenvalue weighted by atomic mass is 32.1. The van der Waals surface area contributed by atoms with Crippen molar-refractivity contribution in [2.75, 3.05) is 20.1 Å². The standard InChI is InChI=1S/C16H23N3OS/c1-4-5-10-17-15(20)11-19(3)12(2)16-18-13-8-6-7-9-14(13)21-16/h6-9,12H,4-5,10-11H2,1-3H3,(H,17,20)/p+1/t12-/m0/s1. The summed E-state index contributed by atoms with van der Waals surface area (Å²) in [7, 11) is 2.05. The monoisotopic (exact) mass is 306 g/mol. The van der Waals surface area contributed by atoms with E-state index in [2.05, 4.69) is 37.3 Å². The summed E-state index contributed by atoms with van der Waals surface area (Å²) in [5, 5.41) is 4.06. The molecule has 0 saturated heterocycles. The zero-order valence-corrected chi connectivity index (χ0v) is 13.8. The van der Waals surface area contributed by atoms with E-state index >= 15 is 0 Å². The van der Waals surface area contributed by atoms with E-state index in [1.807, 2.05) is 18.2 Å². The molecule has 2 aromatic rings. The fraction of sp³-hybridized carbons (Fsp3) is 0.500. The number of carbonyl (C=O) groups is 1. The first-order chi connectivity index (χ1) is 10.1. The van der Waals surface area contributed by atoms with Crippen LogP contribution >= 0.6 is 11.3 Å². The maximum Gasteiger partial charge on any atom is 0.275 e. The van der Waals surface area contributed by atoms with Crippen LogP contribution in [-0.2, 0) is 4.79 Å². The number of unbranched alkanes of at least 4 members (excludes halogenated alkanes) is 1. The second kappa shape index (κ2) is 7.52. The lowest BCUT2D eigenvalue weighted by Crippen LogP contribution is -3.10. The number of quaternary nitrogens is 1. The van der Waals surface area contributed by atoms with E-state index in [0.29, 0.717) is 6.54 Å². The number of hydrogen-bond acceptors (Lipinski definition) is 3. The van der Waals surface area contributed by atoms with Crippen molar-refractivity contribution in [1.82, 2.24) is 10.3 Å². The molecule has 114 valence electrons. The Morgan fingerprint density at radius 3 is 2.90 bits per heavy atom. The summed E-state index contributed by atoms with van der Waals surface area (Å²) in [6, 6.07) is 8.39. The van der Waals surface area contributed by atoms with Gasteiger partial charge < -0.3 is 10.2 Å². The average molecular weight is 306 g/mol. The average Bonchev–Trinajstić information content (AvgIpc) is 2.90. The number of benzene rings is 1. The molecule has 0 bridgehead atoms. The number of nitrogens with one attached hydrogen (secondary N) is 2. The third kappa shape index (κ3) is 4.25. The quantitative estimate of drug-likeness (QED) is 0.766. The number of carbonyl (C=O) groups excluding carboxylic acids is 1. The molecule has 0 spiro atoms. The van der Waals surface area contributed by atoms with Gasteiger partial charge in [0.25, 0.3) is 5.91 Å². The van der Waals surface area contributed by atoms with Crippen LogP contribution in [-0.4, -0.2) is 31.0 Å². The van der Waals surface area contributed by atoms with Gasteiger partial charge >= 0.3 is 0 Å². The van der Waals surface area contributed by atoms with Crippen LogP contribution in [0.3, 0.4) is 0 Å². The molecule has 1 aromatic carbocycles. The zero-order chi connectivity index (χ0) is 15.2. The van der Waals surface area contributed by atoms with Gasteiger partial charge in [-0.15, -0.1) is 11.3 Å². The third-order valence-electron chi connectivity index (χ3n) is 3.71. The maximum atomic E-state index is 11.9. The molecule has 2 N–H and O–H groups in total. The van der Waals surface area contributed by atoms with Crippen LogP contribution in [0.1, 0.15) is 37.7 Å². The Morgan fingerprint density at radius 1 is 1.43 bits per heavy atom. The van der Waals surface area contributed by atoms with Crippen LogP contribution in [0.15, 0.2) is 24.3 Å². The topological polar surface area (TPSA) is 46.4 Å². The number of para-hydroxylation sites is 1. The van der Waals surface area contributed by atoms with Crippen molar-refractivity contribution in [1.29, 1.82) is 0 Å². The Balaban J connectivity index is 1.95. The summed E-state index contributed by atoms with van der Waals surface area (Å²) >= 11 is 1.72. The molecule has 2 atom stereocenters. The summed E-state index contributed by atoms with van der Waals surface area (Å²) in [4.78, 5) is 17.7. The van der Waals surface area contributed by atoms with E-state index in [9.17, 15) is 4.79 Å². The highest BCUT2D eigenvalue weighted by molar-refractivity contribution is 7.18. The largest absolute Gasteiger partial charge is 0.351 e. The predicted octanol–water partition coefficient (Wildman–Crippen LogP) is 1.79. The lowest BCUT2D eigenvalue weighted by molar-refractivity contribution is -0.902. The predicted molar refractivity (Wildman–Crippen MR) is 87.7 cm³/mol. The van der Waals surface area contributed by atoms with Crippen molar-refractivity contribution < 1.29 is 9.69 Å². The molecule has 1 heterocycles. The lowest BCUT2D eigenvalue weighted by atomic mass is 10.3. The molecule has 0 aliphatic heterocycles. The minimum atomic E-state index is 0.119. The second-order valence-electron chi connectivity index (χ2n) is 5.47. The van der Waals surface area contributed by atoms with E-state index in [0.717, 1.165) is 29.9 Å². The summed E-state index contributed by atoms with van der Waals surface area (Å²) in [6.07, 6.45) is 2.14. The fourth-order valence-electron chi connectivity index (χ4n) is 2.16. The molecule has 0 radical (unpaired) electrons. The first-order valence-electron chi connectivity index (χ1n) is 7.56.